The van der Waals surface area contributed by atoms with Gasteiger partial charge in [0.15, 0.2) is 6.61 Å². The maximum Gasteiger partial charge on any atom is 0.348 e. The Hall–Kier alpha value is -3.57. The molecule has 1 aromatic carbocycles. The van der Waals surface area contributed by atoms with Crippen LogP contribution in [0.3, 0.4) is 0 Å². The number of anilines is 1. The highest BCUT2D eigenvalue weighted by Gasteiger charge is 2.27. The molecule has 3 aromatic heterocycles. The third-order valence-electron chi connectivity index (χ3n) is 6.06. The van der Waals surface area contributed by atoms with Crippen molar-refractivity contribution >= 4 is 55.7 Å². The number of aryl methyl sites for hydroxylation is 2. The molecular weight excluding hydrogens is 517 g/mol. The molecule has 0 spiro atoms. The van der Waals surface area contributed by atoms with Crippen LogP contribution in [-0.4, -0.2) is 40.8 Å². The molecule has 37 heavy (non-hydrogen) atoms. The van der Waals surface area contributed by atoms with Gasteiger partial charge in [0.1, 0.15) is 20.5 Å². The van der Waals surface area contributed by atoms with Crippen molar-refractivity contribution in [2.75, 3.05) is 18.5 Å². The third kappa shape index (κ3) is 5.01. The molecule has 1 N–H and O–H groups in total. The maximum absolute atomic E-state index is 13.3. The van der Waals surface area contributed by atoms with Crippen molar-refractivity contribution in [1.82, 2.24) is 9.78 Å². The third-order valence-corrected chi connectivity index (χ3v) is 8.35. The second-order valence-corrected chi connectivity index (χ2v) is 10.7. The summed E-state index contributed by atoms with van der Waals surface area (Å²) < 4.78 is 25.5. The largest absolute Gasteiger partial charge is 0.462 e. The van der Waals surface area contributed by atoms with Gasteiger partial charge in [0, 0.05) is 10.3 Å². The molecule has 8 nitrogen and oxygen atoms in total. The minimum atomic E-state index is -0.641. The molecule has 5 rings (SSSR count). The van der Waals surface area contributed by atoms with Gasteiger partial charge in [-0.05, 0) is 75.4 Å². The van der Waals surface area contributed by atoms with E-state index < -0.39 is 24.5 Å². The quantitative estimate of drug-likeness (QED) is 0.313. The van der Waals surface area contributed by atoms with Gasteiger partial charge >= 0.3 is 11.9 Å². The number of amides is 1. The molecule has 0 atom stereocenters. The average molecular weight is 542 g/mol. The lowest BCUT2D eigenvalue weighted by atomic mass is 9.95. The number of esters is 2. The lowest BCUT2D eigenvalue weighted by molar-refractivity contribution is -0.119. The summed E-state index contributed by atoms with van der Waals surface area (Å²) in [5, 5.41) is 8.43. The van der Waals surface area contributed by atoms with Crippen molar-refractivity contribution in [3.63, 3.8) is 0 Å². The van der Waals surface area contributed by atoms with E-state index in [4.69, 9.17) is 9.47 Å². The lowest BCUT2D eigenvalue weighted by Crippen LogP contribution is -2.21. The van der Waals surface area contributed by atoms with Gasteiger partial charge in [0.05, 0.1) is 23.6 Å². The average Bonchev–Trinajstić information content (AvgIpc) is 3.56. The molecule has 0 aliphatic heterocycles. The molecule has 0 bridgehead atoms. The molecule has 4 aromatic rings. The first-order valence-electron chi connectivity index (χ1n) is 11.9. The summed E-state index contributed by atoms with van der Waals surface area (Å²) in [7, 11) is 0. The van der Waals surface area contributed by atoms with Crippen molar-refractivity contribution in [2.24, 2.45) is 0 Å². The number of hydrogen-bond donors (Lipinski definition) is 1. The molecule has 1 aliphatic carbocycles. The van der Waals surface area contributed by atoms with Crippen LogP contribution in [0.5, 0.6) is 0 Å². The predicted octanol–water partition coefficient (Wildman–Crippen LogP) is 5.45. The number of aromatic nitrogens is 2. The number of ether oxygens (including phenoxy) is 2. The molecule has 0 saturated carbocycles. The van der Waals surface area contributed by atoms with E-state index in [0.29, 0.717) is 31.7 Å². The highest BCUT2D eigenvalue weighted by molar-refractivity contribution is 7.20. The molecule has 11 heteroatoms. The van der Waals surface area contributed by atoms with Crippen LogP contribution in [0.15, 0.2) is 30.3 Å². The summed E-state index contributed by atoms with van der Waals surface area (Å²) in [5.41, 5.74) is 2.72. The number of fused-ring (bicyclic) bond motifs is 2. The summed E-state index contributed by atoms with van der Waals surface area (Å²) >= 11 is 2.56. The second-order valence-electron chi connectivity index (χ2n) is 8.56. The van der Waals surface area contributed by atoms with E-state index in [1.165, 1.54) is 34.8 Å². The Kier molecular flexibility index (Phi) is 7.07. The van der Waals surface area contributed by atoms with Crippen molar-refractivity contribution in [2.45, 2.75) is 39.5 Å². The molecule has 1 amide bonds. The molecule has 3 heterocycles. The summed E-state index contributed by atoms with van der Waals surface area (Å²) in [4.78, 5) is 40.1. The monoisotopic (exact) mass is 541 g/mol. The number of hydrogen-bond acceptors (Lipinski definition) is 8. The summed E-state index contributed by atoms with van der Waals surface area (Å²) in [6, 6.07) is 7.58. The number of thiophene rings is 2. The number of carbonyl (C=O) groups excluding carboxylic acids is 3. The van der Waals surface area contributed by atoms with Crippen LogP contribution in [-0.2, 0) is 27.1 Å². The minimum Gasteiger partial charge on any atom is -0.462 e. The maximum atomic E-state index is 13.3. The van der Waals surface area contributed by atoms with E-state index in [1.54, 1.807) is 29.8 Å². The zero-order valence-electron chi connectivity index (χ0n) is 20.3. The highest BCUT2D eigenvalue weighted by Crippen LogP contribution is 2.38. The van der Waals surface area contributed by atoms with E-state index in [9.17, 15) is 18.8 Å². The number of nitrogens with one attached hydrogen (secondary N) is 1. The molecular formula is C26H24FN3O5S2. The fourth-order valence-electron chi connectivity index (χ4n) is 4.34. The van der Waals surface area contributed by atoms with E-state index in [1.807, 2.05) is 6.92 Å². The smallest absolute Gasteiger partial charge is 0.348 e. The Labute approximate surface area is 220 Å². The minimum absolute atomic E-state index is 0.238. The van der Waals surface area contributed by atoms with Crippen LogP contribution in [0.2, 0.25) is 0 Å². The number of carbonyl (C=O) groups is 3. The van der Waals surface area contributed by atoms with Gasteiger partial charge < -0.3 is 14.8 Å². The Morgan fingerprint density at radius 3 is 2.59 bits per heavy atom. The zero-order valence-corrected chi connectivity index (χ0v) is 21.9. The fourth-order valence-corrected chi connectivity index (χ4v) is 6.71. The van der Waals surface area contributed by atoms with Gasteiger partial charge in [0.2, 0.25) is 0 Å². The van der Waals surface area contributed by atoms with Crippen molar-refractivity contribution in [3.05, 3.63) is 62.7 Å². The first kappa shape index (κ1) is 25.1. The summed E-state index contributed by atoms with van der Waals surface area (Å²) in [5.74, 6) is -1.98. The standard InChI is InChI=1S/C26H24FN3O5S2/c1-3-34-26(33)22-17-6-4-5-7-19(17)36-23(22)28-21(31)13-35-25(32)20-12-18-14(2)29-30(24(18)37-20)16-10-8-15(27)9-11-16/h8-12H,3-7,13H2,1-2H3,(H,28,31). The van der Waals surface area contributed by atoms with Crippen LogP contribution >= 0.6 is 22.7 Å². The van der Waals surface area contributed by atoms with Crippen LogP contribution in [0, 0.1) is 12.7 Å². The Morgan fingerprint density at radius 2 is 1.84 bits per heavy atom. The van der Waals surface area contributed by atoms with Crippen LogP contribution in [0.25, 0.3) is 15.9 Å². The zero-order chi connectivity index (χ0) is 26.1. The van der Waals surface area contributed by atoms with Crippen molar-refractivity contribution in [3.8, 4) is 5.69 Å². The molecule has 192 valence electrons. The van der Waals surface area contributed by atoms with Crippen molar-refractivity contribution < 1.29 is 28.2 Å². The van der Waals surface area contributed by atoms with Gasteiger partial charge in [0.25, 0.3) is 5.91 Å². The van der Waals surface area contributed by atoms with Crippen LogP contribution < -0.4 is 5.32 Å². The summed E-state index contributed by atoms with van der Waals surface area (Å²) in [6.45, 7) is 3.30. The Morgan fingerprint density at radius 1 is 1.08 bits per heavy atom. The molecule has 0 radical (unpaired) electrons. The second kappa shape index (κ2) is 10.4. The molecule has 0 fully saturated rings. The van der Waals surface area contributed by atoms with Gasteiger partial charge in [-0.1, -0.05) is 0 Å². The first-order valence-corrected chi connectivity index (χ1v) is 13.5. The molecule has 0 unspecified atom stereocenters. The van der Waals surface area contributed by atoms with Crippen LogP contribution in [0.4, 0.5) is 9.39 Å². The SMILES string of the molecule is CCOC(=O)c1c(NC(=O)COC(=O)c2cc3c(C)nn(-c4ccc(F)cc4)c3s2)sc2c1CCCC2. The van der Waals surface area contributed by atoms with Gasteiger partial charge in [-0.2, -0.15) is 5.10 Å². The summed E-state index contributed by atoms with van der Waals surface area (Å²) in [6.07, 6.45) is 3.65. The van der Waals surface area contributed by atoms with E-state index in [2.05, 4.69) is 10.4 Å². The van der Waals surface area contributed by atoms with Gasteiger partial charge in [-0.3, -0.25) is 4.79 Å². The Balaban J connectivity index is 1.29. The normalized spacial score (nSPS) is 12.8. The number of halogens is 1. The fraction of sp³-hybridized carbons (Fsp3) is 0.308. The molecule has 0 saturated heterocycles. The predicted molar refractivity (Wildman–Crippen MR) is 139 cm³/mol. The van der Waals surface area contributed by atoms with Crippen molar-refractivity contribution in [1.29, 1.82) is 0 Å². The van der Waals surface area contributed by atoms with Crippen LogP contribution in [0.1, 0.15) is 55.9 Å². The van der Waals surface area contributed by atoms with E-state index in [-0.39, 0.29) is 12.4 Å². The Bertz CT molecular complexity index is 1500. The van der Waals surface area contributed by atoms with Gasteiger partial charge in [-0.15, -0.1) is 22.7 Å². The van der Waals surface area contributed by atoms with E-state index >= 15 is 0 Å². The highest BCUT2D eigenvalue weighted by atomic mass is 32.1. The van der Waals surface area contributed by atoms with E-state index in [0.717, 1.165) is 41.5 Å². The molecule has 1 aliphatic rings. The number of nitrogens with zero attached hydrogens (tertiary/aromatic N) is 2. The van der Waals surface area contributed by atoms with Gasteiger partial charge in [-0.25, -0.2) is 18.7 Å². The lowest BCUT2D eigenvalue weighted by Gasteiger charge is -2.12. The number of benzene rings is 1. The first-order chi connectivity index (χ1) is 17.9. The topological polar surface area (TPSA) is 99.5 Å². The number of rotatable bonds is 7.